The summed E-state index contributed by atoms with van der Waals surface area (Å²) >= 11 is 0. The number of methoxy groups -OCH3 is 1. The third kappa shape index (κ3) is 6.19. The number of hydrogen-bond acceptors (Lipinski definition) is 6. The predicted octanol–water partition coefficient (Wildman–Crippen LogP) is 3.86. The van der Waals surface area contributed by atoms with Gasteiger partial charge in [0.15, 0.2) is 0 Å². The van der Waals surface area contributed by atoms with Crippen molar-refractivity contribution in [3.8, 4) is 0 Å². The highest BCUT2D eigenvalue weighted by molar-refractivity contribution is 5.89. The van der Waals surface area contributed by atoms with Crippen LogP contribution >= 0.6 is 0 Å². The van der Waals surface area contributed by atoms with E-state index < -0.39 is 36.3 Å². The van der Waals surface area contributed by atoms with Crippen molar-refractivity contribution >= 4 is 5.97 Å². The van der Waals surface area contributed by atoms with E-state index in [0.29, 0.717) is 12.0 Å². The third-order valence-corrected chi connectivity index (χ3v) is 6.85. The van der Waals surface area contributed by atoms with Crippen molar-refractivity contribution in [1.29, 1.82) is 0 Å². The highest BCUT2D eigenvalue weighted by atomic mass is 16.6. The molecule has 1 fully saturated rings. The fraction of sp³-hybridized carbons (Fsp3) is 0.654. The van der Waals surface area contributed by atoms with Crippen LogP contribution in [0.5, 0.6) is 0 Å². The Balaban J connectivity index is 2.19. The first-order valence-corrected chi connectivity index (χ1v) is 11.5. The van der Waals surface area contributed by atoms with Crippen molar-refractivity contribution in [1.82, 2.24) is 0 Å². The van der Waals surface area contributed by atoms with Crippen LogP contribution in [0.2, 0.25) is 0 Å². The van der Waals surface area contributed by atoms with Crippen molar-refractivity contribution in [3.63, 3.8) is 0 Å². The molecule has 6 nitrogen and oxygen atoms in total. The lowest BCUT2D eigenvalue weighted by atomic mass is 9.78. The van der Waals surface area contributed by atoms with Crippen LogP contribution in [-0.4, -0.2) is 59.9 Å². The summed E-state index contributed by atoms with van der Waals surface area (Å²) in [5, 5.41) is 21.9. The van der Waals surface area contributed by atoms with Crippen molar-refractivity contribution in [2.75, 3.05) is 7.11 Å². The molecule has 0 aromatic heterocycles. The van der Waals surface area contributed by atoms with E-state index in [-0.39, 0.29) is 30.0 Å². The summed E-state index contributed by atoms with van der Waals surface area (Å²) in [7, 11) is 1.52. The smallest absolute Gasteiger partial charge is 0.338 e. The summed E-state index contributed by atoms with van der Waals surface area (Å²) in [6.07, 6.45) is -1.01. The average molecular weight is 449 g/mol. The fourth-order valence-electron chi connectivity index (χ4n) is 4.65. The number of benzene rings is 1. The zero-order valence-corrected chi connectivity index (χ0v) is 20.2. The summed E-state index contributed by atoms with van der Waals surface area (Å²) in [6, 6.07) is 8.73. The quantitative estimate of drug-likeness (QED) is 0.418. The Hall–Kier alpha value is -1.73. The van der Waals surface area contributed by atoms with Gasteiger partial charge in [-0.1, -0.05) is 58.9 Å². The van der Waals surface area contributed by atoms with Crippen LogP contribution in [0.4, 0.5) is 0 Å². The lowest BCUT2D eigenvalue weighted by Crippen LogP contribution is -2.51. The molecule has 1 aliphatic rings. The largest absolute Gasteiger partial charge is 0.455 e. The highest BCUT2D eigenvalue weighted by Crippen LogP contribution is 2.35. The van der Waals surface area contributed by atoms with Gasteiger partial charge in [-0.05, 0) is 18.1 Å². The van der Waals surface area contributed by atoms with Gasteiger partial charge in [-0.2, -0.15) is 0 Å². The van der Waals surface area contributed by atoms with Crippen molar-refractivity contribution in [3.05, 3.63) is 48.6 Å². The topological polar surface area (TPSA) is 85.2 Å². The minimum Gasteiger partial charge on any atom is -0.455 e. The van der Waals surface area contributed by atoms with Crippen LogP contribution in [-0.2, 0) is 14.2 Å². The van der Waals surface area contributed by atoms with E-state index in [2.05, 4.69) is 20.4 Å². The summed E-state index contributed by atoms with van der Waals surface area (Å²) in [4.78, 5) is 12.7. The molecule has 0 unspecified atom stereocenters. The number of aliphatic hydroxyl groups is 2. The van der Waals surface area contributed by atoms with Gasteiger partial charge in [0.1, 0.15) is 12.2 Å². The minimum atomic E-state index is -0.848. The minimum absolute atomic E-state index is 0.0335. The Morgan fingerprint density at radius 3 is 2.38 bits per heavy atom. The number of ether oxygens (including phenoxy) is 3. The molecule has 1 aromatic rings. The molecular weight excluding hydrogens is 408 g/mol. The molecule has 32 heavy (non-hydrogen) atoms. The molecule has 2 rings (SSSR count). The monoisotopic (exact) mass is 448 g/mol. The third-order valence-electron chi connectivity index (χ3n) is 6.85. The maximum Gasteiger partial charge on any atom is 0.338 e. The fourth-order valence-corrected chi connectivity index (χ4v) is 4.65. The molecule has 0 amide bonds. The molecule has 1 aromatic carbocycles. The van der Waals surface area contributed by atoms with E-state index in [1.165, 1.54) is 7.11 Å². The average Bonchev–Trinajstić information content (AvgIpc) is 2.79. The van der Waals surface area contributed by atoms with E-state index in [1.807, 2.05) is 26.8 Å². The van der Waals surface area contributed by atoms with Gasteiger partial charge >= 0.3 is 5.97 Å². The zero-order chi connectivity index (χ0) is 24.0. The molecule has 2 N–H and O–H groups in total. The van der Waals surface area contributed by atoms with Gasteiger partial charge in [0.25, 0.3) is 0 Å². The van der Waals surface area contributed by atoms with E-state index >= 15 is 0 Å². The summed E-state index contributed by atoms with van der Waals surface area (Å²) in [5.41, 5.74) is 0.429. The molecule has 6 heteroatoms. The summed E-state index contributed by atoms with van der Waals surface area (Å²) < 4.78 is 17.6. The Labute approximate surface area is 192 Å². The van der Waals surface area contributed by atoms with Crippen molar-refractivity contribution < 1.29 is 29.2 Å². The number of carbonyl (C=O) groups is 1. The number of carbonyl (C=O) groups excluding carboxylic acids is 1. The van der Waals surface area contributed by atoms with Crippen molar-refractivity contribution in [2.45, 2.75) is 77.7 Å². The van der Waals surface area contributed by atoms with Gasteiger partial charge < -0.3 is 24.4 Å². The number of hydrogen-bond donors (Lipinski definition) is 2. The van der Waals surface area contributed by atoms with E-state index in [1.54, 1.807) is 30.3 Å². The maximum absolute atomic E-state index is 12.7. The van der Waals surface area contributed by atoms with Crippen molar-refractivity contribution in [2.24, 2.45) is 23.7 Å². The van der Waals surface area contributed by atoms with Gasteiger partial charge in [0, 0.05) is 31.3 Å². The SMILES string of the molecule is C=C[C@H](OC)[C@H](OC(=O)c1ccccc1)[C@@H](C)[C@H](O)[C@H](C)[C@H]1C[C@@H](O)[C@H](C)[C@@H](C(C)C)O1. The van der Waals surface area contributed by atoms with Gasteiger partial charge in [-0.15, -0.1) is 6.58 Å². The highest BCUT2D eigenvalue weighted by Gasteiger charge is 2.43. The Kier molecular flexibility index (Phi) is 9.89. The number of rotatable bonds is 10. The molecule has 0 spiro atoms. The second-order valence-corrected chi connectivity index (χ2v) is 9.43. The molecule has 0 bridgehead atoms. The van der Waals surface area contributed by atoms with Gasteiger partial charge in [-0.25, -0.2) is 4.79 Å². The molecule has 180 valence electrons. The maximum atomic E-state index is 12.7. The van der Waals surface area contributed by atoms with Crippen LogP contribution in [0.1, 0.15) is 51.4 Å². The molecule has 0 radical (unpaired) electrons. The molecule has 1 heterocycles. The summed E-state index contributed by atoms with van der Waals surface area (Å²) in [6.45, 7) is 13.7. The van der Waals surface area contributed by atoms with Gasteiger partial charge in [-0.3, -0.25) is 0 Å². The number of esters is 1. The Morgan fingerprint density at radius 2 is 1.84 bits per heavy atom. The molecule has 0 aliphatic carbocycles. The van der Waals surface area contributed by atoms with E-state index in [4.69, 9.17) is 14.2 Å². The first kappa shape index (κ1) is 26.5. The van der Waals surface area contributed by atoms with Crippen LogP contribution in [0.25, 0.3) is 0 Å². The Bertz CT molecular complexity index is 720. The first-order valence-electron chi connectivity index (χ1n) is 11.5. The lowest BCUT2D eigenvalue weighted by molar-refractivity contribution is -0.180. The zero-order valence-electron chi connectivity index (χ0n) is 20.2. The second kappa shape index (κ2) is 11.9. The standard InChI is InChI=1S/C26H40O6/c1-8-21(30-7)25(32-26(29)19-12-10-9-11-13-19)18(6)23(28)17(5)22-14-20(27)16(4)24(31-22)15(2)3/h8-13,15-18,20-25,27-28H,1,14H2,2-7H3/t16-,17+,18-,20+,21-,22+,23+,24+,25+/m0/s1. The van der Waals surface area contributed by atoms with Gasteiger partial charge in [0.05, 0.1) is 30.0 Å². The Morgan fingerprint density at radius 1 is 1.22 bits per heavy atom. The summed E-state index contributed by atoms with van der Waals surface area (Å²) in [5.74, 6) is -0.940. The second-order valence-electron chi connectivity index (χ2n) is 9.43. The lowest BCUT2D eigenvalue weighted by Gasteiger charge is -2.44. The molecular formula is C26H40O6. The first-order chi connectivity index (χ1) is 15.1. The molecule has 0 saturated carbocycles. The van der Waals surface area contributed by atoms with E-state index in [9.17, 15) is 15.0 Å². The molecule has 1 saturated heterocycles. The molecule has 1 aliphatic heterocycles. The van der Waals surface area contributed by atoms with Crippen LogP contribution < -0.4 is 0 Å². The molecule has 9 atom stereocenters. The van der Waals surface area contributed by atoms with Gasteiger partial charge in [0.2, 0.25) is 0 Å². The normalized spacial score (nSPS) is 28.4. The predicted molar refractivity (Wildman–Crippen MR) is 124 cm³/mol. The van der Waals surface area contributed by atoms with Crippen LogP contribution in [0, 0.1) is 23.7 Å². The van der Waals surface area contributed by atoms with Crippen LogP contribution in [0.15, 0.2) is 43.0 Å². The number of aliphatic hydroxyl groups excluding tert-OH is 2. The van der Waals surface area contributed by atoms with Crippen LogP contribution in [0.3, 0.4) is 0 Å². The van der Waals surface area contributed by atoms with E-state index in [0.717, 1.165) is 0 Å².